The number of ether oxygens (including phenoxy) is 1. The van der Waals surface area contributed by atoms with Crippen molar-refractivity contribution in [3.05, 3.63) is 83.7 Å². The molecule has 4 aliphatic heterocycles. The number of hydrogen-bond donors (Lipinski definition) is 2. The number of methoxy groups -OCH3 is 1. The first-order chi connectivity index (χ1) is 26.4. The second kappa shape index (κ2) is 17.0. The van der Waals surface area contributed by atoms with E-state index in [9.17, 15) is 19.2 Å². The molecule has 2 aromatic rings. The van der Waals surface area contributed by atoms with Crippen LogP contribution in [-0.4, -0.2) is 89.4 Å². The van der Waals surface area contributed by atoms with Gasteiger partial charge in [0.25, 0.3) is 0 Å². The molecular formula is C44H54N6O5. The molecule has 0 radical (unpaired) electrons. The van der Waals surface area contributed by atoms with Crippen LogP contribution in [0.2, 0.25) is 0 Å². The lowest BCUT2D eigenvalue weighted by atomic mass is 9.94. The van der Waals surface area contributed by atoms with E-state index in [-0.39, 0.29) is 41.6 Å². The van der Waals surface area contributed by atoms with E-state index in [1.54, 1.807) is 0 Å². The zero-order chi connectivity index (χ0) is 39.4. The van der Waals surface area contributed by atoms with Crippen molar-refractivity contribution >= 4 is 46.4 Å². The Labute approximate surface area is 324 Å². The number of benzene rings is 2. The van der Waals surface area contributed by atoms with Crippen LogP contribution in [0.25, 0.3) is 22.3 Å². The molecule has 4 heterocycles. The highest BCUT2D eigenvalue weighted by molar-refractivity contribution is 6.05. The summed E-state index contributed by atoms with van der Waals surface area (Å²) in [4.78, 5) is 64.5. The smallest absolute Gasteiger partial charge is 0.407 e. The number of rotatable bonds is 11. The molecule has 0 bridgehead atoms. The zero-order valence-corrected chi connectivity index (χ0v) is 33.1. The van der Waals surface area contributed by atoms with Gasteiger partial charge >= 0.3 is 6.09 Å². The topological polar surface area (TPSA) is 133 Å². The highest BCUT2D eigenvalue weighted by Crippen LogP contribution is 2.35. The molecule has 2 unspecified atom stereocenters. The predicted octanol–water partition coefficient (Wildman–Crippen LogP) is 6.80. The normalized spacial score (nSPS) is 21.4. The summed E-state index contributed by atoms with van der Waals surface area (Å²) in [5, 5.41) is 5.58. The number of allylic oxidation sites excluding steroid dienone is 3. The van der Waals surface area contributed by atoms with Gasteiger partial charge in [-0.1, -0.05) is 87.9 Å². The van der Waals surface area contributed by atoms with E-state index in [4.69, 9.17) is 14.7 Å². The third kappa shape index (κ3) is 8.66. The summed E-state index contributed by atoms with van der Waals surface area (Å²) in [5.74, 6) is -0.464. The average molecular weight is 747 g/mol. The summed E-state index contributed by atoms with van der Waals surface area (Å²) in [6.45, 7) is 12.4. The maximum absolute atomic E-state index is 13.8. The number of carbonyl (C=O) groups excluding carboxylic acids is 4. The predicted molar refractivity (Wildman–Crippen MR) is 217 cm³/mol. The van der Waals surface area contributed by atoms with Gasteiger partial charge in [-0.25, -0.2) is 4.79 Å². The Bertz CT molecular complexity index is 1960. The van der Waals surface area contributed by atoms with Crippen molar-refractivity contribution in [2.75, 3.05) is 20.2 Å². The van der Waals surface area contributed by atoms with E-state index in [0.717, 1.165) is 64.1 Å². The van der Waals surface area contributed by atoms with Gasteiger partial charge in [0.2, 0.25) is 17.7 Å². The molecule has 2 N–H and O–H groups in total. The number of aliphatic imine (C=N–C) groups is 2. The van der Waals surface area contributed by atoms with E-state index in [1.165, 1.54) is 19.6 Å². The number of nitrogens with zero attached hydrogens (tertiary/aromatic N) is 4. The van der Waals surface area contributed by atoms with Crippen LogP contribution in [0.5, 0.6) is 0 Å². The molecule has 0 aromatic heterocycles. The first kappa shape index (κ1) is 39.4. The molecule has 290 valence electrons. The number of carbonyl (C=O) groups is 4. The van der Waals surface area contributed by atoms with Crippen LogP contribution >= 0.6 is 0 Å². The molecule has 2 aromatic carbocycles. The van der Waals surface area contributed by atoms with Gasteiger partial charge in [-0.15, -0.1) is 0 Å². The van der Waals surface area contributed by atoms with Crippen molar-refractivity contribution in [2.45, 2.75) is 97.8 Å². The fourth-order valence-corrected chi connectivity index (χ4v) is 8.07. The van der Waals surface area contributed by atoms with Gasteiger partial charge < -0.3 is 25.2 Å². The Balaban J connectivity index is 1.06. The lowest BCUT2D eigenvalue weighted by molar-refractivity contribution is -0.137. The third-order valence-corrected chi connectivity index (χ3v) is 11.2. The number of likely N-dealkylation sites (tertiary alicyclic amines) is 2. The molecule has 11 nitrogen and oxygen atoms in total. The van der Waals surface area contributed by atoms with Gasteiger partial charge in [0, 0.05) is 56.7 Å². The Morgan fingerprint density at radius 1 is 0.745 bits per heavy atom. The highest BCUT2D eigenvalue weighted by Gasteiger charge is 2.41. The summed E-state index contributed by atoms with van der Waals surface area (Å²) < 4.78 is 4.80. The van der Waals surface area contributed by atoms with Crippen molar-refractivity contribution in [2.24, 2.45) is 21.8 Å². The first-order valence-electron chi connectivity index (χ1n) is 19.5. The second-order valence-corrected chi connectivity index (χ2v) is 15.7. The quantitative estimate of drug-likeness (QED) is 0.244. The molecule has 6 rings (SSSR count). The van der Waals surface area contributed by atoms with Gasteiger partial charge in [0.1, 0.15) is 12.1 Å². The zero-order valence-electron chi connectivity index (χ0n) is 33.1. The van der Waals surface area contributed by atoms with Crippen molar-refractivity contribution in [1.29, 1.82) is 0 Å². The van der Waals surface area contributed by atoms with Crippen LogP contribution < -0.4 is 10.6 Å². The van der Waals surface area contributed by atoms with E-state index in [2.05, 4.69) is 65.2 Å². The first-order valence-corrected chi connectivity index (χ1v) is 19.5. The molecule has 4 aliphatic rings. The summed E-state index contributed by atoms with van der Waals surface area (Å²) in [7, 11) is 1.30. The molecule has 4 atom stereocenters. The molecule has 0 aliphatic carbocycles. The van der Waals surface area contributed by atoms with Crippen LogP contribution in [0.4, 0.5) is 4.79 Å². The Hall–Kier alpha value is -5.32. The maximum Gasteiger partial charge on any atom is 0.407 e. The van der Waals surface area contributed by atoms with Crippen LogP contribution in [-0.2, 0) is 19.1 Å². The van der Waals surface area contributed by atoms with Crippen molar-refractivity contribution in [3.8, 4) is 11.1 Å². The summed E-state index contributed by atoms with van der Waals surface area (Å²) in [5.41, 5.74) is 9.77. The summed E-state index contributed by atoms with van der Waals surface area (Å²) in [6, 6.07) is 15.6. The molecule has 0 spiro atoms. The van der Waals surface area contributed by atoms with Gasteiger partial charge in [-0.2, -0.15) is 0 Å². The van der Waals surface area contributed by atoms with Gasteiger partial charge in [-0.3, -0.25) is 24.4 Å². The molecular weight excluding hydrogens is 693 g/mol. The Kier molecular flexibility index (Phi) is 12.2. The van der Waals surface area contributed by atoms with Crippen LogP contribution in [0.1, 0.15) is 84.8 Å². The lowest BCUT2D eigenvalue weighted by Gasteiger charge is -2.31. The highest BCUT2D eigenvalue weighted by atomic mass is 16.5. The number of amides is 4. The fourth-order valence-electron chi connectivity index (χ4n) is 8.07. The minimum absolute atomic E-state index is 0.00488. The van der Waals surface area contributed by atoms with Crippen LogP contribution in [0, 0.1) is 11.8 Å². The largest absolute Gasteiger partial charge is 0.453 e. The average Bonchev–Trinajstić information content (AvgIpc) is 4.01. The Morgan fingerprint density at radius 2 is 1.24 bits per heavy atom. The monoisotopic (exact) mass is 746 g/mol. The van der Waals surface area contributed by atoms with Crippen molar-refractivity contribution in [3.63, 3.8) is 0 Å². The Morgan fingerprint density at radius 3 is 1.73 bits per heavy atom. The van der Waals surface area contributed by atoms with E-state index in [0.29, 0.717) is 25.9 Å². The minimum Gasteiger partial charge on any atom is -0.453 e. The SMILES string of the molecule is CC=C1C[C@@H](C2=NC=C(c3ccc(-c4ccc(C5=CN=C([C@@H]6CCCN6C(=O)C(NC(C)=O)C(C)C)C5)cc4)cc3)C2)N(C(=O)C(NC(=O)OC)C(C)C)C1. The standard InChI is InChI=1S/C44H54N6O5/c1-8-29-20-39(50(25-29)43(53)41(27(4)5)48-44(54)55-7)37-22-35(24-46-37)33-17-13-31(14-18-33)30-11-15-32(16-12-30)34-21-36(45-23-34)38-10-9-19-49(38)42(52)40(26(2)3)47-28(6)51/h8,11-18,23-24,26-27,38-41H,9-10,19-22,25H2,1-7H3,(H,47,51)(H,48,54)/t38-,39-,40?,41?/m0/s1. The van der Waals surface area contributed by atoms with Gasteiger partial charge in [0.05, 0.1) is 19.2 Å². The maximum atomic E-state index is 13.8. The molecule has 55 heavy (non-hydrogen) atoms. The summed E-state index contributed by atoms with van der Waals surface area (Å²) in [6.07, 6.45) is 9.16. The van der Waals surface area contributed by atoms with Gasteiger partial charge in [-0.05, 0) is 71.4 Å². The minimum atomic E-state index is -0.691. The van der Waals surface area contributed by atoms with Gasteiger partial charge in [0.15, 0.2) is 0 Å². The number of nitrogens with one attached hydrogen (secondary N) is 2. The molecule has 11 heteroatoms. The van der Waals surface area contributed by atoms with E-state index >= 15 is 0 Å². The summed E-state index contributed by atoms with van der Waals surface area (Å²) >= 11 is 0. The van der Waals surface area contributed by atoms with Crippen molar-refractivity contribution in [1.82, 2.24) is 20.4 Å². The lowest BCUT2D eigenvalue weighted by Crippen LogP contribution is -2.53. The molecule has 2 saturated heterocycles. The number of alkyl carbamates (subject to hydrolysis) is 1. The number of hydrogen-bond acceptors (Lipinski definition) is 7. The fraction of sp³-hybridized carbons (Fsp3) is 0.455. The van der Waals surface area contributed by atoms with Crippen LogP contribution in [0.15, 0.2) is 82.6 Å². The molecule has 4 amide bonds. The van der Waals surface area contributed by atoms with Crippen molar-refractivity contribution < 1.29 is 23.9 Å². The third-order valence-electron chi connectivity index (χ3n) is 11.2. The van der Waals surface area contributed by atoms with E-state index < -0.39 is 18.2 Å². The van der Waals surface area contributed by atoms with E-state index in [1.807, 2.05) is 56.8 Å². The molecule has 2 fully saturated rings. The van der Waals surface area contributed by atoms with Crippen LogP contribution in [0.3, 0.4) is 0 Å². The second-order valence-electron chi connectivity index (χ2n) is 15.7. The molecule has 0 saturated carbocycles.